The summed E-state index contributed by atoms with van der Waals surface area (Å²) >= 11 is 0. The van der Waals surface area contributed by atoms with Crippen molar-refractivity contribution < 1.29 is 63.5 Å². The molecule has 2 aliphatic carbocycles. The third-order valence-corrected chi connectivity index (χ3v) is 9.88. The summed E-state index contributed by atoms with van der Waals surface area (Å²) in [5.74, 6) is -1.71. The highest BCUT2D eigenvalue weighted by Crippen LogP contribution is 2.75. The summed E-state index contributed by atoms with van der Waals surface area (Å²) in [6.45, 7) is 4.52. The molecule has 5 heterocycles. The van der Waals surface area contributed by atoms with Gasteiger partial charge < -0.3 is 54.0 Å². The number of carbonyl (C=O) groups is 2. The molecule has 0 unspecified atom stereocenters. The molecule has 7 aliphatic rings. The van der Waals surface area contributed by atoms with E-state index in [0.717, 1.165) is 0 Å². The second-order valence-electron chi connectivity index (χ2n) is 11.7. The van der Waals surface area contributed by atoms with Gasteiger partial charge >= 0.3 is 11.9 Å². The van der Waals surface area contributed by atoms with Crippen LogP contribution in [0.15, 0.2) is 11.6 Å². The lowest BCUT2D eigenvalue weighted by Gasteiger charge is -2.53. The summed E-state index contributed by atoms with van der Waals surface area (Å²) in [6.07, 6.45) is -11.6. The van der Waals surface area contributed by atoms with Crippen molar-refractivity contribution in [3.63, 3.8) is 0 Å². The molecule has 2 saturated carbocycles. The third-order valence-electron chi connectivity index (χ3n) is 9.88. The predicted octanol–water partition coefficient (Wildman–Crippen LogP) is -3.11. The second-order valence-corrected chi connectivity index (χ2v) is 11.7. The first-order valence-corrected chi connectivity index (χ1v) is 12.5. The van der Waals surface area contributed by atoms with Crippen molar-refractivity contribution in [2.45, 2.75) is 99.8 Å². The predicted molar refractivity (Wildman–Crippen MR) is 114 cm³/mol. The highest BCUT2D eigenvalue weighted by atomic mass is 16.7. The number of rotatable bonds is 4. The van der Waals surface area contributed by atoms with Crippen LogP contribution >= 0.6 is 0 Å². The number of aliphatic hydroxyl groups is 5. The molecule has 0 aromatic rings. The Morgan fingerprint density at radius 2 is 1.70 bits per heavy atom. The van der Waals surface area contributed by atoms with Crippen LogP contribution in [0.1, 0.15) is 20.8 Å². The number of fused-ring (bicyclic) bond motifs is 4. The van der Waals surface area contributed by atoms with E-state index in [0.29, 0.717) is 5.57 Å². The van der Waals surface area contributed by atoms with Crippen LogP contribution in [0.4, 0.5) is 0 Å². The number of epoxide rings is 2. The molecule has 37 heavy (non-hydrogen) atoms. The molecule has 5 aliphatic heterocycles. The molecule has 4 saturated heterocycles. The minimum Gasteiger partial charge on any atom is -0.459 e. The van der Waals surface area contributed by atoms with Crippen LogP contribution in [0.2, 0.25) is 0 Å². The topological polar surface area (TPSA) is 197 Å². The fraction of sp³-hybridized carbons (Fsp3) is 0.833. The number of ether oxygens (including phenoxy) is 6. The molecule has 0 aromatic heterocycles. The van der Waals surface area contributed by atoms with E-state index in [9.17, 15) is 35.1 Å². The summed E-state index contributed by atoms with van der Waals surface area (Å²) in [4.78, 5) is 26.0. The number of aliphatic hydroxyl groups excluding tert-OH is 5. The Morgan fingerprint density at radius 3 is 2.41 bits per heavy atom. The van der Waals surface area contributed by atoms with Crippen molar-refractivity contribution >= 4 is 11.9 Å². The smallest absolute Gasteiger partial charge is 0.331 e. The highest BCUT2D eigenvalue weighted by molar-refractivity contribution is 5.88. The van der Waals surface area contributed by atoms with E-state index in [-0.39, 0.29) is 0 Å². The Morgan fingerprint density at radius 1 is 0.973 bits per heavy atom. The molecule has 13 nitrogen and oxygen atoms in total. The zero-order chi connectivity index (χ0) is 26.4. The Bertz CT molecular complexity index is 1090. The minimum absolute atomic E-state index is 0.459. The van der Waals surface area contributed by atoms with Gasteiger partial charge in [-0.2, -0.15) is 0 Å². The van der Waals surface area contributed by atoms with Crippen LogP contribution in [-0.4, -0.2) is 123 Å². The average Bonchev–Trinajstić information content (AvgIpc) is 3.77. The van der Waals surface area contributed by atoms with E-state index in [1.165, 1.54) is 6.08 Å². The fourth-order valence-corrected chi connectivity index (χ4v) is 8.02. The molecule has 0 bridgehead atoms. The van der Waals surface area contributed by atoms with Crippen molar-refractivity contribution in [3.8, 4) is 0 Å². The van der Waals surface area contributed by atoms with E-state index in [1.54, 1.807) is 13.8 Å². The maximum absolute atomic E-state index is 13.1. The van der Waals surface area contributed by atoms with Gasteiger partial charge in [0.15, 0.2) is 18.0 Å². The van der Waals surface area contributed by atoms with Crippen molar-refractivity contribution in [2.75, 3.05) is 6.61 Å². The van der Waals surface area contributed by atoms with Gasteiger partial charge in [-0.1, -0.05) is 6.92 Å². The van der Waals surface area contributed by atoms with Gasteiger partial charge in [-0.25, -0.2) is 4.79 Å². The van der Waals surface area contributed by atoms with Crippen molar-refractivity contribution in [2.24, 2.45) is 16.7 Å². The number of carbonyl (C=O) groups excluding carboxylic acids is 2. The average molecular weight is 526 g/mol. The molecule has 0 radical (unpaired) electrons. The van der Waals surface area contributed by atoms with Crippen molar-refractivity contribution in [1.82, 2.24) is 0 Å². The lowest BCUT2D eigenvalue weighted by Crippen LogP contribution is -2.66. The summed E-state index contributed by atoms with van der Waals surface area (Å²) in [5.41, 5.74) is -2.75. The molecule has 7 rings (SSSR count). The highest BCUT2D eigenvalue weighted by Gasteiger charge is 2.89. The largest absolute Gasteiger partial charge is 0.459 e. The zero-order valence-electron chi connectivity index (χ0n) is 20.3. The van der Waals surface area contributed by atoms with Crippen LogP contribution in [0, 0.1) is 16.7 Å². The first-order chi connectivity index (χ1) is 17.4. The molecule has 1 spiro atoms. The fourth-order valence-electron chi connectivity index (χ4n) is 8.02. The Labute approximate surface area is 210 Å². The SMILES string of the molecule is C[C@H](O[C@H]1O[C@H](CO)[C@@H](O)[C@H](O)[C@H]1O)[C@H]1OC(=O)C=C2[C@]3(C)[C@H]4[C@H](OC(=O)[C@@]4(C)[C@@H](O)[C@H]4O[C@H]43)[C@H]3O[C@]231. The van der Waals surface area contributed by atoms with E-state index < -0.39 is 114 Å². The summed E-state index contributed by atoms with van der Waals surface area (Å²) in [5, 5.41) is 51.1. The molecular weight excluding hydrogens is 496 g/mol. The number of hydrogen-bond donors (Lipinski definition) is 5. The van der Waals surface area contributed by atoms with Gasteiger partial charge in [0.25, 0.3) is 0 Å². The van der Waals surface area contributed by atoms with Gasteiger partial charge in [0, 0.05) is 17.4 Å². The number of hydrogen-bond acceptors (Lipinski definition) is 13. The second kappa shape index (κ2) is 7.29. The van der Waals surface area contributed by atoms with Gasteiger partial charge in [0.1, 0.15) is 48.1 Å². The Balaban J connectivity index is 1.24. The maximum atomic E-state index is 13.1. The third kappa shape index (κ3) is 2.70. The normalized spacial score (nSPS) is 59.6. The molecule has 204 valence electrons. The van der Waals surface area contributed by atoms with Gasteiger partial charge in [-0.05, 0) is 19.4 Å². The molecule has 0 aromatic carbocycles. The Hall–Kier alpha value is -1.68. The maximum Gasteiger partial charge on any atom is 0.331 e. The van der Waals surface area contributed by atoms with E-state index >= 15 is 0 Å². The summed E-state index contributed by atoms with van der Waals surface area (Å²) in [7, 11) is 0. The molecule has 13 heteroatoms. The molecule has 16 atom stereocenters. The first kappa shape index (κ1) is 24.4. The van der Waals surface area contributed by atoms with E-state index in [2.05, 4.69) is 0 Å². The van der Waals surface area contributed by atoms with Crippen molar-refractivity contribution in [3.05, 3.63) is 11.6 Å². The number of cyclic esters (lactones) is 1. The lowest BCUT2D eigenvalue weighted by atomic mass is 9.46. The van der Waals surface area contributed by atoms with E-state index in [4.69, 9.17) is 28.4 Å². The van der Waals surface area contributed by atoms with Crippen LogP contribution in [0.5, 0.6) is 0 Å². The van der Waals surface area contributed by atoms with Crippen LogP contribution < -0.4 is 0 Å². The van der Waals surface area contributed by atoms with Gasteiger partial charge in [-0.3, -0.25) is 4.79 Å². The monoisotopic (exact) mass is 526 g/mol. The quantitative estimate of drug-likeness (QED) is 0.182. The molecule has 5 N–H and O–H groups in total. The minimum atomic E-state index is -1.65. The molecule has 6 fully saturated rings. The van der Waals surface area contributed by atoms with Crippen molar-refractivity contribution in [1.29, 1.82) is 0 Å². The van der Waals surface area contributed by atoms with Crippen LogP contribution in [-0.2, 0) is 38.0 Å². The summed E-state index contributed by atoms with van der Waals surface area (Å²) in [6, 6.07) is 0. The summed E-state index contributed by atoms with van der Waals surface area (Å²) < 4.78 is 35.0. The van der Waals surface area contributed by atoms with E-state index in [1.807, 2.05) is 6.92 Å². The van der Waals surface area contributed by atoms with Crippen LogP contribution in [0.25, 0.3) is 0 Å². The Kier molecular flexibility index (Phi) is 4.80. The van der Waals surface area contributed by atoms with Gasteiger partial charge in [0.2, 0.25) is 0 Å². The lowest BCUT2D eigenvalue weighted by molar-refractivity contribution is -0.317. The van der Waals surface area contributed by atoms with Gasteiger partial charge in [0.05, 0.1) is 24.9 Å². The molecule has 0 amide bonds. The van der Waals surface area contributed by atoms with Crippen LogP contribution in [0.3, 0.4) is 0 Å². The zero-order valence-corrected chi connectivity index (χ0v) is 20.3. The first-order valence-electron chi connectivity index (χ1n) is 12.5. The number of esters is 2. The standard InChI is InChI=1S/C24H30O13/c1-6(32-20-12(29)11(28)10(27)7(5-25)33-20)17-24-8(4-9(26)34-17)22(2)15-13(19(24)37-24)36-21(31)23(15,3)16(30)14-18(22)35-14/h4,6-7,10-20,25,27-30H,5H2,1-3H3/t6-,7+,10+,11-,12+,13-,14+,15+,16-,17+,18+,19+,20-,22+,23+,24-/m0/s1. The molecular formula is C24H30O13. The van der Waals surface area contributed by atoms with Gasteiger partial charge in [-0.15, -0.1) is 0 Å².